The van der Waals surface area contributed by atoms with Crippen LogP contribution in [-0.4, -0.2) is 43.6 Å². The van der Waals surface area contributed by atoms with Gasteiger partial charge in [-0.2, -0.15) is 0 Å². The van der Waals surface area contributed by atoms with Crippen molar-refractivity contribution in [2.45, 2.75) is 105 Å². The monoisotopic (exact) mass is 306 g/mol. The number of nitrogens with zero attached hydrogens (tertiary/aromatic N) is 2. The summed E-state index contributed by atoms with van der Waals surface area (Å²) in [7, 11) is -2.80. The second-order valence-electron chi connectivity index (χ2n) is 8.07. The molecule has 0 atom stereocenters. The van der Waals surface area contributed by atoms with Gasteiger partial charge < -0.3 is 0 Å². The maximum atomic E-state index is 11.9. The topological polar surface area (TPSA) is 26.7 Å². The molecule has 0 rings (SSSR count). The number of hydrogen-bond acceptors (Lipinski definition) is 3. The van der Waals surface area contributed by atoms with E-state index in [0.717, 1.165) is 0 Å². The van der Waals surface area contributed by atoms with E-state index in [1.165, 1.54) is 0 Å². The van der Waals surface area contributed by atoms with Crippen LogP contribution in [0.1, 0.15) is 76.2 Å². The summed E-state index contributed by atoms with van der Waals surface area (Å²) in [4.78, 5) is 11.9. The van der Waals surface area contributed by atoms with Crippen LogP contribution in [0, 0.1) is 0 Å². The van der Waals surface area contributed by atoms with Crippen molar-refractivity contribution < 1.29 is 4.89 Å². The molecule has 4 heteroatoms. The Morgan fingerprint density at radius 2 is 0.850 bits per heavy atom. The zero-order chi connectivity index (χ0) is 16.5. The van der Waals surface area contributed by atoms with Crippen LogP contribution >= 0.6 is 7.79 Å². The Hall–Kier alpha value is 0.310. The van der Waals surface area contributed by atoms with Crippen LogP contribution in [0.5, 0.6) is 0 Å². The first-order chi connectivity index (χ1) is 8.78. The molecule has 20 heavy (non-hydrogen) atoms. The van der Waals surface area contributed by atoms with E-state index in [1.54, 1.807) is 0 Å². The second kappa shape index (κ2) is 7.05. The van der Waals surface area contributed by atoms with Gasteiger partial charge in [0.15, 0.2) is 0 Å². The van der Waals surface area contributed by atoms with Gasteiger partial charge in [0.25, 0.3) is 0 Å². The zero-order valence-corrected chi connectivity index (χ0v) is 16.7. The summed E-state index contributed by atoms with van der Waals surface area (Å²) in [5.74, 6) is 0. The van der Waals surface area contributed by atoms with Gasteiger partial charge >= 0.3 is 128 Å². The van der Waals surface area contributed by atoms with E-state index < -0.39 is 7.79 Å². The van der Waals surface area contributed by atoms with Crippen LogP contribution in [0.3, 0.4) is 0 Å². The fourth-order valence-electron chi connectivity index (χ4n) is 3.54. The van der Waals surface area contributed by atoms with Crippen LogP contribution in [0.2, 0.25) is 0 Å². The Morgan fingerprint density at radius 1 is 0.650 bits per heavy atom. The van der Waals surface area contributed by atoms with Crippen LogP contribution in [0.25, 0.3) is 0 Å². The van der Waals surface area contributed by atoms with Gasteiger partial charge in [-0.15, -0.1) is 0 Å². The first-order valence-corrected chi connectivity index (χ1v) is 9.91. The van der Waals surface area contributed by atoms with E-state index in [4.69, 9.17) is 0 Å². The van der Waals surface area contributed by atoms with Crippen LogP contribution < -0.4 is 0 Å². The number of rotatable bonds is 6. The third-order valence-corrected chi connectivity index (χ3v) is 9.47. The van der Waals surface area contributed by atoms with Crippen molar-refractivity contribution in [3.8, 4) is 0 Å². The predicted molar refractivity (Wildman–Crippen MR) is 94.5 cm³/mol. The summed E-state index contributed by atoms with van der Waals surface area (Å²) in [6, 6.07) is 1.36. The van der Waals surface area contributed by atoms with Crippen LogP contribution in [-0.2, 0) is 0 Å². The van der Waals surface area contributed by atoms with Crippen molar-refractivity contribution >= 4 is 7.79 Å². The quantitative estimate of drug-likeness (QED) is 0.731. The van der Waals surface area contributed by atoms with Crippen molar-refractivity contribution in [2.75, 3.05) is 0 Å². The van der Waals surface area contributed by atoms with Gasteiger partial charge in [0.1, 0.15) is 0 Å². The first kappa shape index (κ1) is 20.3. The third-order valence-electron chi connectivity index (χ3n) is 3.95. The van der Waals surface area contributed by atoms with Gasteiger partial charge in [-0.1, -0.05) is 0 Å². The molecule has 0 fully saturated rings. The van der Waals surface area contributed by atoms with E-state index in [1.807, 2.05) is 0 Å². The molecule has 0 aromatic heterocycles. The first-order valence-electron chi connectivity index (χ1n) is 8.07. The van der Waals surface area contributed by atoms with E-state index >= 15 is 0 Å². The van der Waals surface area contributed by atoms with E-state index in [2.05, 4.69) is 85.5 Å². The molecule has 0 radical (unpaired) electrons. The molecule has 0 aromatic rings. The van der Waals surface area contributed by atoms with Crippen molar-refractivity contribution in [3.05, 3.63) is 0 Å². The standard InChI is InChI=1S/C16H39N2OP/c1-12(2)17(13(3)4)20(19,16(9,10)11)18(14(5)6)15(7)8/h12-15,19-20H,1-11H3. The van der Waals surface area contributed by atoms with Crippen molar-refractivity contribution in [1.82, 2.24) is 9.34 Å². The van der Waals surface area contributed by atoms with E-state index in [0.29, 0.717) is 24.2 Å². The molecule has 0 amide bonds. The average molecular weight is 306 g/mol. The molecule has 0 saturated carbocycles. The summed E-state index contributed by atoms with van der Waals surface area (Å²) in [5.41, 5.74) is 0. The van der Waals surface area contributed by atoms with Gasteiger partial charge in [-0.25, -0.2) is 0 Å². The van der Waals surface area contributed by atoms with Gasteiger partial charge in [0.2, 0.25) is 0 Å². The number of hydrogen-bond donors (Lipinski definition) is 1. The molecule has 0 unspecified atom stereocenters. The van der Waals surface area contributed by atoms with Crippen molar-refractivity contribution in [2.24, 2.45) is 0 Å². The molecule has 0 spiro atoms. The molecule has 0 aromatic carbocycles. The Balaban J connectivity index is 6.09. The molecule has 0 aliphatic rings. The summed E-state index contributed by atoms with van der Waals surface area (Å²) < 4.78 is 4.76. The van der Waals surface area contributed by atoms with Crippen LogP contribution in [0.4, 0.5) is 0 Å². The molecule has 0 bridgehead atoms. The zero-order valence-electron chi connectivity index (χ0n) is 15.7. The van der Waals surface area contributed by atoms with Gasteiger partial charge in [0, 0.05) is 0 Å². The molecule has 124 valence electrons. The van der Waals surface area contributed by atoms with E-state index in [9.17, 15) is 4.89 Å². The Bertz CT molecular complexity index is 259. The summed E-state index contributed by atoms with van der Waals surface area (Å²) in [5, 5.41) is -0.129. The van der Waals surface area contributed by atoms with Gasteiger partial charge in [-0.05, 0) is 0 Å². The second-order valence-corrected chi connectivity index (χ2v) is 11.9. The Morgan fingerprint density at radius 3 is 0.950 bits per heavy atom. The maximum absolute atomic E-state index is 11.9. The normalized spacial score (nSPS) is 15.5. The van der Waals surface area contributed by atoms with Crippen molar-refractivity contribution in [1.29, 1.82) is 0 Å². The van der Waals surface area contributed by atoms with Gasteiger partial charge in [0.05, 0.1) is 0 Å². The molecule has 0 saturated heterocycles. The summed E-state index contributed by atoms with van der Waals surface area (Å²) >= 11 is 0. The fraction of sp³-hybridized carbons (Fsp3) is 1.00. The molecule has 0 aliphatic heterocycles. The predicted octanol–water partition coefficient (Wildman–Crippen LogP) is 4.51. The molecule has 0 aliphatic carbocycles. The van der Waals surface area contributed by atoms with Crippen molar-refractivity contribution in [3.63, 3.8) is 0 Å². The van der Waals surface area contributed by atoms with E-state index in [-0.39, 0.29) is 5.16 Å². The Labute approximate surface area is 128 Å². The minimum atomic E-state index is -2.80. The molecule has 3 nitrogen and oxygen atoms in total. The Kier molecular flexibility index (Phi) is 7.16. The third kappa shape index (κ3) is 3.94. The molecular weight excluding hydrogens is 267 g/mol. The minimum absolute atomic E-state index is 0.129. The SMILES string of the molecule is CC(C)N(C(C)C)[PH](O)(N(C(C)C)C(C)C)C(C)(C)C. The molecule has 1 N–H and O–H groups in total. The fourth-order valence-corrected chi connectivity index (χ4v) is 8.24. The summed E-state index contributed by atoms with van der Waals surface area (Å²) in [6.45, 7) is 24.1. The summed E-state index contributed by atoms with van der Waals surface area (Å²) in [6.07, 6.45) is 0. The molecule has 0 heterocycles. The average Bonchev–Trinajstić information content (AvgIpc) is 2.11. The van der Waals surface area contributed by atoms with Gasteiger partial charge in [-0.3, -0.25) is 0 Å². The molecular formula is C16H39N2OP. The van der Waals surface area contributed by atoms with Crippen LogP contribution in [0.15, 0.2) is 0 Å².